The summed E-state index contributed by atoms with van der Waals surface area (Å²) in [6.07, 6.45) is 8.12. The van der Waals surface area contributed by atoms with Crippen LogP contribution < -0.4 is 0 Å². The number of rotatable bonds is 5. The molecule has 2 heterocycles. The van der Waals surface area contributed by atoms with Gasteiger partial charge in [0.15, 0.2) is 0 Å². The van der Waals surface area contributed by atoms with Crippen LogP contribution in [0.1, 0.15) is 34.0 Å². The van der Waals surface area contributed by atoms with E-state index in [1.54, 1.807) is 4.57 Å². The lowest BCUT2D eigenvalue weighted by Crippen LogP contribution is -2.15. The van der Waals surface area contributed by atoms with Gasteiger partial charge in [-0.2, -0.15) is 0 Å². The van der Waals surface area contributed by atoms with Crippen LogP contribution in [-0.2, 0) is 11.2 Å². The monoisotopic (exact) mass is 374 g/mol. The Morgan fingerprint density at radius 3 is 2.68 bits per heavy atom. The van der Waals surface area contributed by atoms with Gasteiger partial charge in [0.05, 0.1) is 18.2 Å². The van der Waals surface area contributed by atoms with Crippen LogP contribution in [0.15, 0.2) is 66.9 Å². The third-order valence-electron chi connectivity index (χ3n) is 5.26. The summed E-state index contributed by atoms with van der Waals surface area (Å²) in [5.74, 6) is 0.00584. The molecule has 2 aromatic carbocycles. The number of nitrogens with zero attached hydrogens (tertiary/aromatic N) is 2. The Morgan fingerprint density at radius 1 is 1.14 bits per heavy atom. The van der Waals surface area contributed by atoms with Crippen molar-refractivity contribution in [3.63, 3.8) is 0 Å². The molecule has 1 atom stereocenters. The molecule has 0 bridgehead atoms. The Morgan fingerprint density at radius 2 is 1.96 bits per heavy atom. The smallest absolute Gasteiger partial charge is 0.262 e. The molecule has 0 spiro atoms. The molecule has 4 rings (SSSR count). The molecule has 144 valence electrons. The molecule has 3 aromatic rings. The highest BCUT2D eigenvalue weighted by Crippen LogP contribution is 2.30. The molecule has 4 heteroatoms. The summed E-state index contributed by atoms with van der Waals surface area (Å²) in [5.41, 5.74) is 4.02. The molecule has 1 unspecified atom stereocenters. The van der Waals surface area contributed by atoms with Gasteiger partial charge in [0.2, 0.25) is 0 Å². The average molecular weight is 374 g/mol. The minimum absolute atomic E-state index is 0.00584. The van der Waals surface area contributed by atoms with Gasteiger partial charge in [-0.15, -0.1) is 0 Å². The van der Waals surface area contributed by atoms with Crippen molar-refractivity contribution in [1.82, 2.24) is 9.47 Å². The van der Waals surface area contributed by atoms with Crippen molar-refractivity contribution in [2.24, 2.45) is 0 Å². The summed E-state index contributed by atoms with van der Waals surface area (Å²) in [5, 5.41) is 1.14. The summed E-state index contributed by atoms with van der Waals surface area (Å²) in [6, 6.07) is 15.8. The van der Waals surface area contributed by atoms with E-state index < -0.39 is 0 Å². The van der Waals surface area contributed by atoms with Gasteiger partial charge in [0.25, 0.3) is 5.91 Å². The van der Waals surface area contributed by atoms with Gasteiger partial charge in [-0.3, -0.25) is 9.36 Å². The molecule has 0 N–H and O–H groups in total. The van der Waals surface area contributed by atoms with Crippen molar-refractivity contribution in [2.45, 2.75) is 18.9 Å². The van der Waals surface area contributed by atoms with E-state index >= 15 is 0 Å². The van der Waals surface area contributed by atoms with Crippen LogP contribution in [0.4, 0.5) is 0 Å². The van der Waals surface area contributed by atoms with Crippen molar-refractivity contribution in [2.75, 3.05) is 27.2 Å². The fraction of sp³-hybridized carbons (Fsp3) is 0.292. The Hall–Kier alpha value is -2.69. The van der Waals surface area contributed by atoms with Crippen molar-refractivity contribution in [1.29, 1.82) is 0 Å². The molecule has 1 aliphatic rings. The van der Waals surface area contributed by atoms with E-state index in [1.807, 2.05) is 36.5 Å². The number of benzene rings is 2. The van der Waals surface area contributed by atoms with Gasteiger partial charge < -0.3 is 9.64 Å². The minimum atomic E-state index is 0.00584. The van der Waals surface area contributed by atoms with Gasteiger partial charge >= 0.3 is 0 Å². The number of likely N-dealkylation sites (N-methyl/N-ethyl adjacent to an activating group) is 1. The maximum Gasteiger partial charge on any atom is 0.262 e. The molecular formula is C24H26N2O2. The second kappa shape index (κ2) is 8.13. The van der Waals surface area contributed by atoms with Crippen molar-refractivity contribution in [3.8, 4) is 0 Å². The van der Waals surface area contributed by atoms with E-state index in [-0.39, 0.29) is 12.0 Å². The fourth-order valence-corrected chi connectivity index (χ4v) is 3.71. The molecule has 4 nitrogen and oxygen atoms in total. The molecule has 1 aromatic heterocycles. The summed E-state index contributed by atoms with van der Waals surface area (Å²) >= 11 is 0. The molecule has 0 radical (unpaired) electrons. The lowest BCUT2D eigenvalue weighted by Gasteiger charge is -2.19. The van der Waals surface area contributed by atoms with Gasteiger partial charge in [-0.05, 0) is 62.3 Å². The predicted molar refractivity (Wildman–Crippen MR) is 113 cm³/mol. The third kappa shape index (κ3) is 3.79. The molecule has 28 heavy (non-hydrogen) atoms. The number of ether oxygens (including phenoxy) is 1. The highest BCUT2D eigenvalue weighted by atomic mass is 16.5. The second-order valence-corrected chi connectivity index (χ2v) is 7.55. The SMILES string of the molecule is CN(C)CCc1cn(C(=O)c2ccccc2)c2ccc(C3CC=CCO3)cc12. The molecule has 0 saturated carbocycles. The highest BCUT2D eigenvalue weighted by Gasteiger charge is 2.19. The number of carbonyl (C=O) groups is 1. The standard InChI is InChI=1S/C24H26N2O2/c1-25(2)14-13-20-17-26(24(27)18-8-4-3-5-9-18)22-12-11-19(16-21(20)22)23-10-6-7-15-28-23/h3-9,11-12,16-17,23H,10,13-15H2,1-2H3. The molecule has 0 aliphatic carbocycles. The topological polar surface area (TPSA) is 34.5 Å². The van der Waals surface area contributed by atoms with E-state index in [0.717, 1.165) is 30.3 Å². The van der Waals surface area contributed by atoms with Crippen LogP contribution in [0.5, 0.6) is 0 Å². The van der Waals surface area contributed by atoms with Crippen LogP contribution in [0.2, 0.25) is 0 Å². The van der Waals surface area contributed by atoms with Gasteiger partial charge in [-0.1, -0.05) is 36.4 Å². The summed E-state index contributed by atoms with van der Waals surface area (Å²) < 4.78 is 7.70. The second-order valence-electron chi connectivity index (χ2n) is 7.55. The number of hydrogen-bond acceptors (Lipinski definition) is 3. The van der Waals surface area contributed by atoms with Crippen molar-refractivity contribution in [3.05, 3.63) is 83.6 Å². The van der Waals surface area contributed by atoms with Gasteiger partial charge in [0, 0.05) is 23.7 Å². The van der Waals surface area contributed by atoms with E-state index in [4.69, 9.17) is 4.74 Å². The fourth-order valence-electron chi connectivity index (χ4n) is 3.71. The third-order valence-corrected chi connectivity index (χ3v) is 5.26. The van der Waals surface area contributed by atoms with E-state index in [1.165, 1.54) is 11.1 Å². The van der Waals surface area contributed by atoms with Gasteiger partial charge in [0.1, 0.15) is 0 Å². The molecule has 0 amide bonds. The van der Waals surface area contributed by atoms with Crippen LogP contribution in [-0.4, -0.2) is 42.6 Å². The van der Waals surface area contributed by atoms with Crippen LogP contribution in [0.3, 0.4) is 0 Å². The first kappa shape index (κ1) is 18.7. The Bertz CT molecular complexity index is 1000. The van der Waals surface area contributed by atoms with E-state index in [0.29, 0.717) is 12.2 Å². The van der Waals surface area contributed by atoms with E-state index in [9.17, 15) is 4.79 Å². The van der Waals surface area contributed by atoms with Crippen LogP contribution in [0.25, 0.3) is 10.9 Å². The summed E-state index contributed by atoms with van der Waals surface area (Å²) in [6.45, 7) is 1.59. The number of carbonyl (C=O) groups excluding carboxylic acids is 1. The van der Waals surface area contributed by atoms with Crippen LogP contribution in [0, 0.1) is 0 Å². The Labute approximate surface area is 166 Å². The molecular weight excluding hydrogens is 348 g/mol. The van der Waals surface area contributed by atoms with Crippen molar-refractivity contribution >= 4 is 16.8 Å². The van der Waals surface area contributed by atoms with Crippen LogP contribution >= 0.6 is 0 Å². The average Bonchev–Trinajstić information content (AvgIpc) is 3.11. The van der Waals surface area contributed by atoms with Crippen molar-refractivity contribution < 1.29 is 9.53 Å². The zero-order chi connectivity index (χ0) is 19.5. The first-order chi connectivity index (χ1) is 13.6. The number of fused-ring (bicyclic) bond motifs is 1. The quantitative estimate of drug-likeness (QED) is 0.619. The molecule has 0 fully saturated rings. The molecule has 0 saturated heterocycles. The predicted octanol–water partition coefficient (Wildman–Crippen LogP) is 4.45. The van der Waals surface area contributed by atoms with Gasteiger partial charge in [-0.25, -0.2) is 0 Å². The lowest BCUT2D eigenvalue weighted by atomic mass is 10.0. The summed E-state index contributed by atoms with van der Waals surface area (Å²) in [7, 11) is 4.14. The van der Waals surface area contributed by atoms with E-state index in [2.05, 4.69) is 49.3 Å². The zero-order valence-corrected chi connectivity index (χ0v) is 16.5. The maximum atomic E-state index is 13.1. The Kier molecular flexibility index (Phi) is 5.42. The first-order valence-electron chi connectivity index (χ1n) is 9.78. The Balaban J connectivity index is 1.77. The molecule has 1 aliphatic heterocycles. The largest absolute Gasteiger partial charge is 0.369 e. The zero-order valence-electron chi connectivity index (χ0n) is 16.5. The highest BCUT2D eigenvalue weighted by molar-refractivity contribution is 6.03. The maximum absolute atomic E-state index is 13.1. The summed E-state index contributed by atoms with van der Waals surface area (Å²) in [4.78, 5) is 15.3. The lowest BCUT2D eigenvalue weighted by molar-refractivity contribution is 0.0678. The minimum Gasteiger partial charge on any atom is -0.369 e. The number of hydrogen-bond donors (Lipinski definition) is 0. The number of aromatic nitrogens is 1. The normalized spacial score (nSPS) is 16.8. The first-order valence-corrected chi connectivity index (χ1v) is 9.78.